The van der Waals surface area contributed by atoms with Crippen LogP contribution in [0.1, 0.15) is 29.6 Å². The molecule has 2 heterocycles. The molecule has 1 aliphatic heterocycles. The summed E-state index contributed by atoms with van der Waals surface area (Å²) in [4.78, 5) is 4.32. The van der Waals surface area contributed by atoms with Crippen LogP contribution in [-0.4, -0.2) is 21.9 Å². The summed E-state index contributed by atoms with van der Waals surface area (Å²) in [5, 5.41) is 8.47. The van der Waals surface area contributed by atoms with Crippen LogP contribution < -0.4 is 15.8 Å². The molecule has 3 N–H and O–H groups in total. The van der Waals surface area contributed by atoms with Crippen LogP contribution in [0.15, 0.2) is 48.5 Å². The molecular formula is C18H18ClN5O. The third kappa shape index (κ3) is 3.00. The number of hydrogen-bond donors (Lipinski definition) is 2. The molecule has 0 bridgehead atoms. The average molecular weight is 356 g/mol. The number of nitrogens with two attached hydrogens (primary N) is 1. The van der Waals surface area contributed by atoms with Gasteiger partial charge in [-0.3, -0.25) is 0 Å². The summed E-state index contributed by atoms with van der Waals surface area (Å²) in [5.41, 5.74) is 8.03. The number of aromatic nitrogens is 3. The van der Waals surface area contributed by atoms with E-state index in [9.17, 15) is 0 Å². The fourth-order valence-corrected chi connectivity index (χ4v) is 3.46. The van der Waals surface area contributed by atoms with E-state index in [0.29, 0.717) is 11.0 Å². The summed E-state index contributed by atoms with van der Waals surface area (Å²) in [5.74, 6) is 1.73. The highest BCUT2D eigenvalue weighted by molar-refractivity contribution is 6.30. The average Bonchev–Trinajstić information content (AvgIpc) is 3.01. The Kier molecular flexibility index (Phi) is 3.97. The lowest BCUT2D eigenvalue weighted by molar-refractivity contribution is 0.410. The molecule has 3 aromatic rings. The van der Waals surface area contributed by atoms with Crippen LogP contribution in [0.25, 0.3) is 0 Å². The predicted octanol–water partition coefficient (Wildman–Crippen LogP) is 3.67. The summed E-state index contributed by atoms with van der Waals surface area (Å²) < 4.78 is 7.18. The van der Waals surface area contributed by atoms with Gasteiger partial charge in [0.2, 0.25) is 11.9 Å². The molecule has 25 heavy (non-hydrogen) atoms. The minimum Gasteiger partial charge on any atom is -0.497 e. The van der Waals surface area contributed by atoms with Gasteiger partial charge < -0.3 is 15.8 Å². The molecule has 0 spiro atoms. The van der Waals surface area contributed by atoms with Crippen molar-refractivity contribution in [2.24, 2.45) is 0 Å². The number of fused-ring (bicyclic) bond motifs is 1. The number of nitrogens with one attached hydrogen (secondary N) is 1. The zero-order valence-corrected chi connectivity index (χ0v) is 14.4. The highest BCUT2D eigenvalue weighted by Gasteiger charge is 2.31. The molecule has 0 radical (unpaired) electrons. The zero-order valence-electron chi connectivity index (χ0n) is 13.7. The highest BCUT2D eigenvalue weighted by Crippen LogP contribution is 2.39. The fourth-order valence-electron chi connectivity index (χ4n) is 3.26. The molecular weight excluding hydrogens is 338 g/mol. The lowest BCUT2D eigenvalue weighted by Crippen LogP contribution is -2.28. The van der Waals surface area contributed by atoms with Crippen LogP contribution in [-0.2, 0) is 0 Å². The Balaban J connectivity index is 1.76. The molecule has 0 saturated heterocycles. The van der Waals surface area contributed by atoms with Crippen molar-refractivity contribution < 1.29 is 4.74 Å². The van der Waals surface area contributed by atoms with Gasteiger partial charge in [0.05, 0.1) is 19.2 Å². The van der Waals surface area contributed by atoms with Crippen LogP contribution in [0.3, 0.4) is 0 Å². The number of halogens is 1. The molecule has 0 saturated carbocycles. The quantitative estimate of drug-likeness (QED) is 0.749. The van der Waals surface area contributed by atoms with Gasteiger partial charge in [-0.15, -0.1) is 5.10 Å². The van der Waals surface area contributed by atoms with Crippen LogP contribution in [0.2, 0.25) is 5.02 Å². The first kappa shape index (κ1) is 15.8. The number of nitrogen functional groups attached to an aromatic ring is 1. The van der Waals surface area contributed by atoms with Crippen molar-refractivity contribution in [2.75, 3.05) is 18.2 Å². The molecule has 4 rings (SSSR count). The third-order valence-electron chi connectivity index (χ3n) is 4.43. The molecule has 0 amide bonds. The first-order valence-electron chi connectivity index (χ1n) is 8.02. The number of ether oxygens (including phenoxy) is 1. The maximum absolute atomic E-state index is 6.19. The first-order valence-corrected chi connectivity index (χ1v) is 8.40. The number of rotatable bonds is 3. The van der Waals surface area contributed by atoms with Crippen molar-refractivity contribution in [1.29, 1.82) is 0 Å². The zero-order chi connectivity index (χ0) is 17.4. The summed E-state index contributed by atoms with van der Waals surface area (Å²) in [6.07, 6.45) is 0.795. The van der Waals surface area contributed by atoms with Crippen molar-refractivity contribution in [3.05, 3.63) is 64.7 Å². The van der Waals surface area contributed by atoms with Crippen LogP contribution in [0.5, 0.6) is 5.75 Å². The summed E-state index contributed by atoms with van der Waals surface area (Å²) in [7, 11) is 1.67. The van der Waals surface area contributed by atoms with E-state index in [1.54, 1.807) is 7.11 Å². The minimum atomic E-state index is -0.00375. The van der Waals surface area contributed by atoms with Gasteiger partial charge in [0, 0.05) is 5.02 Å². The summed E-state index contributed by atoms with van der Waals surface area (Å²) >= 11 is 6.19. The van der Waals surface area contributed by atoms with E-state index < -0.39 is 0 Å². The van der Waals surface area contributed by atoms with Crippen molar-refractivity contribution in [1.82, 2.24) is 14.8 Å². The highest BCUT2D eigenvalue weighted by atomic mass is 35.5. The molecule has 7 heteroatoms. The fraction of sp³-hybridized carbons (Fsp3) is 0.222. The van der Waals surface area contributed by atoms with Crippen LogP contribution >= 0.6 is 11.6 Å². The van der Waals surface area contributed by atoms with E-state index in [2.05, 4.69) is 21.5 Å². The Labute approximate surface area is 150 Å². The van der Waals surface area contributed by atoms with E-state index >= 15 is 0 Å². The molecule has 0 aliphatic carbocycles. The van der Waals surface area contributed by atoms with E-state index in [1.165, 1.54) is 0 Å². The van der Waals surface area contributed by atoms with Gasteiger partial charge in [0.15, 0.2) is 0 Å². The first-order chi connectivity index (χ1) is 12.1. The predicted molar refractivity (Wildman–Crippen MR) is 98.0 cm³/mol. The molecule has 0 fully saturated rings. The second kappa shape index (κ2) is 6.29. The van der Waals surface area contributed by atoms with E-state index in [-0.39, 0.29) is 18.0 Å². The Morgan fingerprint density at radius 1 is 1.20 bits per heavy atom. The van der Waals surface area contributed by atoms with Gasteiger partial charge in [0.25, 0.3) is 0 Å². The number of anilines is 2. The monoisotopic (exact) mass is 355 g/mol. The Morgan fingerprint density at radius 3 is 2.80 bits per heavy atom. The van der Waals surface area contributed by atoms with Crippen molar-refractivity contribution in [2.45, 2.75) is 18.5 Å². The lowest BCUT2D eigenvalue weighted by atomic mass is 9.93. The van der Waals surface area contributed by atoms with Gasteiger partial charge in [-0.05, 0) is 41.8 Å². The van der Waals surface area contributed by atoms with Crippen molar-refractivity contribution in [3.8, 4) is 5.75 Å². The largest absolute Gasteiger partial charge is 0.497 e. The second-order valence-electron chi connectivity index (χ2n) is 6.02. The van der Waals surface area contributed by atoms with Crippen LogP contribution in [0.4, 0.5) is 11.9 Å². The lowest BCUT2D eigenvalue weighted by Gasteiger charge is -2.31. The van der Waals surface area contributed by atoms with Gasteiger partial charge >= 0.3 is 0 Å². The maximum Gasteiger partial charge on any atom is 0.241 e. The van der Waals surface area contributed by atoms with Gasteiger partial charge in [-0.1, -0.05) is 35.9 Å². The maximum atomic E-state index is 6.19. The molecule has 0 unspecified atom stereocenters. The van der Waals surface area contributed by atoms with Crippen LogP contribution in [0, 0.1) is 0 Å². The third-order valence-corrected chi connectivity index (χ3v) is 4.67. The molecule has 1 aromatic heterocycles. The summed E-state index contributed by atoms with van der Waals surface area (Å²) in [6, 6.07) is 15.9. The SMILES string of the molecule is COc1cccc([C@H]2C[C@@H](c3cccc(Cl)c3)n3nc(N)nc3N2)c1. The van der Waals surface area contributed by atoms with E-state index in [0.717, 1.165) is 23.3 Å². The van der Waals surface area contributed by atoms with Gasteiger partial charge in [-0.25, -0.2) is 4.68 Å². The van der Waals surface area contributed by atoms with Crippen molar-refractivity contribution >= 4 is 23.5 Å². The smallest absolute Gasteiger partial charge is 0.241 e. The van der Waals surface area contributed by atoms with Crippen molar-refractivity contribution in [3.63, 3.8) is 0 Å². The minimum absolute atomic E-state index is 0.00375. The number of methoxy groups -OCH3 is 1. The normalized spacial score (nSPS) is 19.1. The summed E-state index contributed by atoms with van der Waals surface area (Å²) in [6.45, 7) is 0. The second-order valence-corrected chi connectivity index (χ2v) is 6.45. The Bertz CT molecular complexity index is 910. The Morgan fingerprint density at radius 2 is 2.00 bits per heavy atom. The molecule has 6 nitrogen and oxygen atoms in total. The standard InChI is InChI=1S/C18H18ClN5O/c1-25-14-7-3-4-11(9-14)15-10-16(12-5-2-6-13(19)8-12)24-18(21-15)22-17(20)23-24/h2-9,15-16H,10H2,1H3,(H3,20,21,22,23)/t15-,16+/m1/s1. The molecule has 128 valence electrons. The topological polar surface area (TPSA) is 78.0 Å². The van der Waals surface area contributed by atoms with E-state index in [1.807, 2.05) is 47.1 Å². The number of hydrogen-bond acceptors (Lipinski definition) is 5. The van der Waals surface area contributed by atoms with Gasteiger partial charge in [-0.2, -0.15) is 4.98 Å². The molecule has 2 aromatic carbocycles. The number of nitrogens with zero attached hydrogens (tertiary/aromatic N) is 3. The molecule has 1 aliphatic rings. The Hall–Kier alpha value is -2.73. The number of benzene rings is 2. The van der Waals surface area contributed by atoms with Gasteiger partial charge in [0.1, 0.15) is 5.75 Å². The molecule has 2 atom stereocenters. The van der Waals surface area contributed by atoms with E-state index in [4.69, 9.17) is 22.1 Å².